The summed E-state index contributed by atoms with van der Waals surface area (Å²) < 4.78 is 1.61. The molecule has 0 saturated heterocycles. The van der Waals surface area contributed by atoms with Gasteiger partial charge in [0.15, 0.2) is 0 Å². The molecule has 0 aliphatic carbocycles. The molecule has 0 atom stereocenters. The number of nitrogens with one attached hydrogen (secondary N) is 1. The van der Waals surface area contributed by atoms with E-state index in [1.165, 1.54) is 0 Å². The standard InChI is InChI=1S/C11H9N3O/c1-14-10-7-4-2-3-5-8(7)12-6-9(10)13-11(14)15/h2-6H,1H3,(H,13,15). The normalized spacial score (nSPS) is 11.3. The van der Waals surface area contributed by atoms with Crippen LogP contribution >= 0.6 is 0 Å². The Kier molecular flexibility index (Phi) is 1.48. The van der Waals surface area contributed by atoms with Gasteiger partial charge in [0, 0.05) is 12.4 Å². The molecule has 4 nitrogen and oxygen atoms in total. The fourth-order valence-electron chi connectivity index (χ4n) is 1.88. The summed E-state index contributed by atoms with van der Waals surface area (Å²) in [4.78, 5) is 18.5. The number of nitrogens with zero attached hydrogens (tertiary/aromatic N) is 2. The molecule has 0 aliphatic rings. The number of para-hydroxylation sites is 1. The number of aryl methyl sites for hydroxylation is 1. The van der Waals surface area contributed by atoms with Crippen LogP contribution in [-0.4, -0.2) is 14.5 Å². The number of aromatic amines is 1. The van der Waals surface area contributed by atoms with Gasteiger partial charge < -0.3 is 4.98 Å². The highest BCUT2D eigenvalue weighted by Gasteiger charge is 2.07. The number of rotatable bonds is 0. The van der Waals surface area contributed by atoms with Crippen LogP contribution in [0.25, 0.3) is 21.9 Å². The highest BCUT2D eigenvalue weighted by Crippen LogP contribution is 2.19. The molecule has 3 aromatic rings. The monoisotopic (exact) mass is 199 g/mol. The third-order valence-corrected chi connectivity index (χ3v) is 2.63. The average Bonchev–Trinajstić information content (AvgIpc) is 2.55. The predicted molar refractivity (Wildman–Crippen MR) is 58.8 cm³/mol. The van der Waals surface area contributed by atoms with Gasteiger partial charge in [-0.15, -0.1) is 0 Å². The molecule has 1 aromatic carbocycles. The van der Waals surface area contributed by atoms with Crippen molar-refractivity contribution in [2.24, 2.45) is 7.05 Å². The average molecular weight is 199 g/mol. The lowest BCUT2D eigenvalue weighted by Crippen LogP contribution is -2.11. The van der Waals surface area contributed by atoms with Gasteiger partial charge in [0.25, 0.3) is 0 Å². The first-order valence-electron chi connectivity index (χ1n) is 4.70. The molecule has 3 rings (SSSR count). The molecule has 0 amide bonds. The lowest BCUT2D eigenvalue weighted by molar-refractivity contribution is 0.894. The second-order valence-electron chi connectivity index (χ2n) is 3.53. The van der Waals surface area contributed by atoms with Crippen LogP contribution in [0.5, 0.6) is 0 Å². The molecular formula is C11H9N3O. The maximum absolute atomic E-state index is 11.5. The highest BCUT2D eigenvalue weighted by molar-refractivity contribution is 6.01. The number of imidazole rings is 1. The molecule has 2 heterocycles. The van der Waals surface area contributed by atoms with E-state index in [0.29, 0.717) is 0 Å². The minimum atomic E-state index is -0.108. The van der Waals surface area contributed by atoms with E-state index in [1.807, 2.05) is 24.3 Å². The Hall–Kier alpha value is -2.10. The fraction of sp³-hybridized carbons (Fsp3) is 0.0909. The topological polar surface area (TPSA) is 50.7 Å². The molecule has 0 saturated carbocycles. The van der Waals surface area contributed by atoms with Crippen LogP contribution < -0.4 is 5.69 Å². The van der Waals surface area contributed by atoms with Crippen molar-refractivity contribution in [3.63, 3.8) is 0 Å². The summed E-state index contributed by atoms with van der Waals surface area (Å²) in [6.45, 7) is 0. The number of hydrogen-bond acceptors (Lipinski definition) is 2. The van der Waals surface area contributed by atoms with Crippen molar-refractivity contribution < 1.29 is 0 Å². The largest absolute Gasteiger partial charge is 0.326 e. The van der Waals surface area contributed by atoms with Crippen molar-refractivity contribution in [3.05, 3.63) is 40.9 Å². The summed E-state index contributed by atoms with van der Waals surface area (Å²) in [5.41, 5.74) is 2.48. The number of H-pyrrole nitrogens is 1. The van der Waals surface area contributed by atoms with E-state index in [4.69, 9.17) is 0 Å². The summed E-state index contributed by atoms with van der Waals surface area (Å²) in [6, 6.07) is 7.79. The quantitative estimate of drug-likeness (QED) is 0.595. The van der Waals surface area contributed by atoms with E-state index in [9.17, 15) is 4.79 Å². The minimum Gasteiger partial charge on any atom is -0.304 e. The molecule has 1 N–H and O–H groups in total. The third-order valence-electron chi connectivity index (χ3n) is 2.63. The van der Waals surface area contributed by atoms with E-state index in [-0.39, 0.29) is 5.69 Å². The Bertz CT molecular complexity index is 708. The minimum absolute atomic E-state index is 0.108. The summed E-state index contributed by atoms with van der Waals surface area (Å²) >= 11 is 0. The van der Waals surface area contributed by atoms with Crippen molar-refractivity contribution in [1.82, 2.24) is 14.5 Å². The van der Waals surface area contributed by atoms with Crippen molar-refractivity contribution in [3.8, 4) is 0 Å². The molecule has 0 bridgehead atoms. The van der Waals surface area contributed by atoms with Crippen LogP contribution in [0.15, 0.2) is 35.3 Å². The SMILES string of the molecule is Cn1c(=O)[nH]c2cnc3ccccc3c21. The highest BCUT2D eigenvalue weighted by atomic mass is 16.1. The van der Waals surface area contributed by atoms with Gasteiger partial charge in [-0.25, -0.2) is 4.79 Å². The van der Waals surface area contributed by atoms with Crippen LogP contribution in [0, 0.1) is 0 Å². The molecular weight excluding hydrogens is 190 g/mol. The van der Waals surface area contributed by atoms with Crippen molar-refractivity contribution in [1.29, 1.82) is 0 Å². The van der Waals surface area contributed by atoms with E-state index < -0.39 is 0 Å². The number of aromatic nitrogens is 3. The molecule has 0 spiro atoms. The lowest BCUT2D eigenvalue weighted by atomic mass is 10.2. The molecule has 74 valence electrons. The Morgan fingerprint density at radius 2 is 2.13 bits per heavy atom. The zero-order chi connectivity index (χ0) is 10.4. The molecule has 0 unspecified atom stereocenters. The summed E-state index contributed by atoms with van der Waals surface area (Å²) in [5, 5.41) is 0.996. The fourth-order valence-corrected chi connectivity index (χ4v) is 1.88. The van der Waals surface area contributed by atoms with Crippen LogP contribution in [0.2, 0.25) is 0 Å². The van der Waals surface area contributed by atoms with E-state index in [0.717, 1.165) is 21.9 Å². The van der Waals surface area contributed by atoms with Gasteiger partial charge in [-0.05, 0) is 6.07 Å². The summed E-state index contributed by atoms with van der Waals surface area (Å²) in [5.74, 6) is 0. The van der Waals surface area contributed by atoms with Gasteiger partial charge in [0.1, 0.15) is 0 Å². The number of benzene rings is 1. The van der Waals surface area contributed by atoms with E-state index in [1.54, 1.807) is 17.8 Å². The first kappa shape index (κ1) is 8.23. The number of fused-ring (bicyclic) bond motifs is 3. The first-order chi connectivity index (χ1) is 7.27. The molecule has 0 fully saturated rings. The molecule has 0 aliphatic heterocycles. The van der Waals surface area contributed by atoms with Gasteiger partial charge in [-0.2, -0.15) is 0 Å². The van der Waals surface area contributed by atoms with E-state index >= 15 is 0 Å². The van der Waals surface area contributed by atoms with Crippen LogP contribution in [0.3, 0.4) is 0 Å². The van der Waals surface area contributed by atoms with Gasteiger partial charge in [-0.1, -0.05) is 18.2 Å². The van der Waals surface area contributed by atoms with Crippen molar-refractivity contribution in [2.75, 3.05) is 0 Å². The lowest BCUT2D eigenvalue weighted by Gasteiger charge is -1.99. The zero-order valence-corrected chi connectivity index (χ0v) is 8.19. The molecule has 0 radical (unpaired) electrons. The maximum atomic E-state index is 11.5. The molecule has 15 heavy (non-hydrogen) atoms. The Balaban J connectivity index is 2.69. The second kappa shape index (κ2) is 2.70. The van der Waals surface area contributed by atoms with Crippen LogP contribution in [0.1, 0.15) is 0 Å². The summed E-state index contributed by atoms with van der Waals surface area (Å²) in [7, 11) is 1.76. The maximum Gasteiger partial charge on any atom is 0.326 e. The van der Waals surface area contributed by atoms with Crippen LogP contribution in [-0.2, 0) is 7.05 Å². The van der Waals surface area contributed by atoms with Gasteiger partial charge >= 0.3 is 5.69 Å². The second-order valence-corrected chi connectivity index (χ2v) is 3.53. The zero-order valence-electron chi connectivity index (χ0n) is 8.19. The van der Waals surface area contributed by atoms with E-state index in [2.05, 4.69) is 9.97 Å². The summed E-state index contributed by atoms with van der Waals surface area (Å²) in [6.07, 6.45) is 1.69. The van der Waals surface area contributed by atoms with Crippen LogP contribution in [0.4, 0.5) is 0 Å². The van der Waals surface area contributed by atoms with Crippen molar-refractivity contribution >= 4 is 21.9 Å². The number of pyridine rings is 1. The van der Waals surface area contributed by atoms with Crippen molar-refractivity contribution in [2.45, 2.75) is 0 Å². The molecule has 2 aromatic heterocycles. The Labute approximate surface area is 85.2 Å². The van der Waals surface area contributed by atoms with Gasteiger partial charge in [0.05, 0.1) is 22.7 Å². The third kappa shape index (κ3) is 1.01. The number of hydrogen-bond donors (Lipinski definition) is 1. The smallest absolute Gasteiger partial charge is 0.304 e. The van der Waals surface area contributed by atoms with Gasteiger partial charge in [0.2, 0.25) is 0 Å². The first-order valence-corrected chi connectivity index (χ1v) is 4.70. The Morgan fingerprint density at radius 3 is 3.00 bits per heavy atom. The predicted octanol–water partition coefficient (Wildman–Crippen LogP) is 1.41. The molecule has 4 heteroatoms. The Morgan fingerprint density at radius 1 is 1.33 bits per heavy atom. The van der Waals surface area contributed by atoms with Gasteiger partial charge in [-0.3, -0.25) is 9.55 Å².